The van der Waals surface area contributed by atoms with Crippen molar-refractivity contribution in [3.05, 3.63) is 33.6 Å². The highest BCUT2D eigenvalue weighted by Crippen LogP contribution is 2.25. The maximum Gasteiger partial charge on any atom is 0.139 e. The van der Waals surface area contributed by atoms with Crippen LogP contribution in [0.5, 0.6) is 0 Å². The third-order valence-electron chi connectivity index (χ3n) is 1.69. The van der Waals surface area contributed by atoms with Crippen molar-refractivity contribution in [3.63, 3.8) is 0 Å². The molecule has 0 aliphatic carbocycles. The third kappa shape index (κ3) is 1.67. The molecule has 0 atom stereocenters. The Bertz CT molecular complexity index is 466. The average molecular weight is 318 g/mol. The van der Waals surface area contributed by atoms with E-state index in [0.29, 0.717) is 5.82 Å². The van der Waals surface area contributed by atoms with E-state index in [-0.39, 0.29) is 0 Å². The Labute approximate surface area is 97.4 Å². The molecule has 0 spiro atoms. The molecule has 0 radical (unpaired) electrons. The van der Waals surface area contributed by atoms with Crippen molar-refractivity contribution in [3.8, 4) is 5.69 Å². The van der Waals surface area contributed by atoms with Crippen molar-refractivity contribution >= 4 is 37.7 Å². The molecule has 0 aliphatic rings. The van der Waals surface area contributed by atoms with E-state index in [1.54, 1.807) is 17.1 Å². The van der Waals surface area contributed by atoms with Gasteiger partial charge in [0.25, 0.3) is 0 Å². The van der Waals surface area contributed by atoms with E-state index >= 15 is 0 Å². The van der Waals surface area contributed by atoms with Crippen LogP contribution in [0.4, 0.5) is 5.82 Å². The second-order valence-corrected chi connectivity index (χ2v) is 4.34. The molecule has 2 N–H and O–H groups in total. The highest BCUT2D eigenvalue weighted by Gasteiger charge is 2.06. The summed E-state index contributed by atoms with van der Waals surface area (Å²) in [5, 5.41) is 4.14. The van der Waals surface area contributed by atoms with Crippen molar-refractivity contribution in [2.24, 2.45) is 0 Å². The Morgan fingerprint density at radius 2 is 2.14 bits per heavy atom. The quantitative estimate of drug-likeness (QED) is 0.878. The van der Waals surface area contributed by atoms with Crippen LogP contribution in [0.15, 0.2) is 33.6 Å². The molecule has 0 saturated carbocycles. The fraction of sp³-hybridized carbons (Fsp3) is 0. The molecule has 0 fully saturated rings. The molecule has 0 amide bonds. The zero-order valence-corrected chi connectivity index (χ0v) is 10.2. The molecule has 0 aliphatic heterocycles. The van der Waals surface area contributed by atoms with Gasteiger partial charge < -0.3 is 5.73 Å². The van der Waals surface area contributed by atoms with Gasteiger partial charge in [0.15, 0.2) is 0 Å². The summed E-state index contributed by atoms with van der Waals surface area (Å²) in [6, 6.07) is 1.83. The van der Waals surface area contributed by atoms with Crippen LogP contribution in [0.3, 0.4) is 0 Å². The van der Waals surface area contributed by atoms with Crippen LogP contribution < -0.4 is 5.73 Å². The number of nitrogens with two attached hydrogens (primary N) is 1. The van der Waals surface area contributed by atoms with E-state index in [4.69, 9.17) is 5.73 Å². The molecule has 4 nitrogen and oxygen atoms in total. The summed E-state index contributed by atoms with van der Waals surface area (Å²) in [4.78, 5) is 3.95. The van der Waals surface area contributed by atoms with Crippen molar-refractivity contribution in [1.29, 1.82) is 0 Å². The molecule has 2 rings (SSSR count). The molecule has 2 heterocycles. The molecule has 0 bridgehead atoms. The van der Waals surface area contributed by atoms with Gasteiger partial charge in [-0.1, -0.05) is 0 Å². The van der Waals surface area contributed by atoms with Gasteiger partial charge in [-0.3, -0.25) is 0 Å². The first-order valence-electron chi connectivity index (χ1n) is 3.79. The van der Waals surface area contributed by atoms with Crippen molar-refractivity contribution in [2.75, 3.05) is 5.73 Å². The minimum absolute atomic E-state index is 0.453. The highest BCUT2D eigenvalue weighted by atomic mass is 79.9. The molecule has 0 saturated heterocycles. The monoisotopic (exact) mass is 316 g/mol. The Balaban J connectivity index is 2.57. The van der Waals surface area contributed by atoms with Crippen LogP contribution in [0.2, 0.25) is 0 Å². The molecular weight excluding hydrogens is 312 g/mol. The molecule has 14 heavy (non-hydrogen) atoms. The molecular formula is C8H6Br2N4. The number of hydrogen-bond donors (Lipinski definition) is 1. The van der Waals surface area contributed by atoms with Crippen molar-refractivity contribution < 1.29 is 0 Å². The molecule has 72 valence electrons. The third-order valence-corrected chi connectivity index (χ3v) is 2.92. The zero-order chi connectivity index (χ0) is 10.1. The van der Waals surface area contributed by atoms with Gasteiger partial charge in [0.05, 0.1) is 20.8 Å². The Morgan fingerprint density at radius 3 is 2.79 bits per heavy atom. The van der Waals surface area contributed by atoms with Gasteiger partial charge in [-0.2, -0.15) is 5.10 Å². The number of halogens is 2. The van der Waals surface area contributed by atoms with E-state index in [9.17, 15) is 0 Å². The summed E-state index contributed by atoms with van der Waals surface area (Å²) in [6.07, 6.45) is 5.20. The summed E-state index contributed by atoms with van der Waals surface area (Å²) in [7, 11) is 0. The predicted molar refractivity (Wildman–Crippen MR) is 61.2 cm³/mol. The van der Waals surface area contributed by atoms with Gasteiger partial charge in [0, 0.05) is 12.4 Å². The van der Waals surface area contributed by atoms with Crippen LogP contribution in [0.25, 0.3) is 5.69 Å². The van der Waals surface area contributed by atoms with E-state index in [1.165, 1.54) is 0 Å². The second-order valence-electron chi connectivity index (χ2n) is 2.63. The first kappa shape index (κ1) is 9.67. The van der Waals surface area contributed by atoms with Gasteiger partial charge in [0.1, 0.15) is 5.82 Å². The fourth-order valence-corrected chi connectivity index (χ4v) is 1.76. The van der Waals surface area contributed by atoms with Crippen LogP contribution >= 0.6 is 31.9 Å². The standard InChI is InChI=1S/C8H6Br2N4/c9-5-3-13-14(4-5)6-1-2-12-8(11)7(6)10/h1-4H,(H2,11,12). The number of aromatic nitrogens is 3. The molecule has 0 aromatic carbocycles. The van der Waals surface area contributed by atoms with Gasteiger partial charge in [-0.05, 0) is 37.9 Å². The Morgan fingerprint density at radius 1 is 1.36 bits per heavy atom. The summed E-state index contributed by atoms with van der Waals surface area (Å²) in [5.74, 6) is 0.453. The lowest BCUT2D eigenvalue weighted by Gasteiger charge is -2.04. The number of pyridine rings is 1. The van der Waals surface area contributed by atoms with Crippen LogP contribution in [-0.2, 0) is 0 Å². The first-order chi connectivity index (χ1) is 6.68. The van der Waals surface area contributed by atoms with Crippen LogP contribution in [-0.4, -0.2) is 14.8 Å². The molecule has 6 heteroatoms. The maximum atomic E-state index is 5.65. The fourth-order valence-electron chi connectivity index (χ4n) is 1.06. The predicted octanol–water partition coefficient (Wildman–Crippen LogP) is 2.37. The number of hydrogen-bond acceptors (Lipinski definition) is 3. The number of rotatable bonds is 1. The van der Waals surface area contributed by atoms with E-state index in [1.807, 2.05) is 12.3 Å². The maximum absolute atomic E-state index is 5.65. The van der Waals surface area contributed by atoms with Gasteiger partial charge in [0.2, 0.25) is 0 Å². The van der Waals surface area contributed by atoms with Gasteiger partial charge in [-0.25, -0.2) is 9.67 Å². The largest absolute Gasteiger partial charge is 0.383 e. The topological polar surface area (TPSA) is 56.7 Å². The smallest absolute Gasteiger partial charge is 0.139 e. The second kappa shape index (κ2) is 3.70. The van der Waals surface area contributed by atoms with E-state index in [0.717, 1.165) is 14.6 Å². The van der Waals surface area contributed by atoms with Crippen LogP contribution in [0, 0.1) is 0 Å². The lowest BCUT2D eigenvalue weighted by Crippen LogP contribution is -1.99. The van der Waals surface area contributed by atoms with Gasteiger partial charge >= 0.3 is 0 Å². The number of nitrogen functional groups attached to an aromatic ring is 1. The van der Waals surface area contributed by atoms with E-state index in [2.05, 4.69) is 41.9 Å². The van der Waals surface area contributed by atoms with Gasteiger partial charge in [-0.15, -0.1) is 0 Å². The van der Waals surface area contributed by atoms with Crippen LogP contribution in [0.1, 0.15) is 0 Å². The number of nitrogens with zero attached hydrogens (tertiary/aromatic N) is 3. The summed E-state index contributed by atoms with van der Waals surface area (Å²) in [6.45, 7) is 0. The summed E-state index contributed by atoms with van der Waals surface area (Å²) in [5.41, 5.74) is 6.52. The first-order valence-corrected chi connectivity index (χ1v) is 5.37. The minimum atomic E-state index is 0.453. The van der Waals surface area contributed by atoms with Crippen molar-refractivity contribution in [1.82, 2.24) is 14.8 Å². The lowest BCUT2D eigenvalue weighted by molar-refractivity contribution is 0.873. The molecule has 2 aromatic rings. The normalized spacial score (nSPS) is 10.4. The highest BCUT2D eigenvalue weighted by molar-refractivity contribution is 9.11. The minimum Gasteiger partial charge on any atom is -0.383 e. The zero-order valence-electron chi connectivity index (χ0n) is 6.98. The lowest BCUT2D eigenvalue weighted by atomic mass is 10.4. The molecule has 2 aromatic heterocycles. The summed E-state index contributed by atoms with van der Waals surface area (Å²) >= 11 is 6.69. The van der Waals surface area contributed by atoms with E-state index < -0.39 is 0 Å². The molecule has 0 unspecified atom stereocenters. The Kier molecular flexibility index (Phi) is 2.56. The average Bonchev–Trinajstić information content (AvgIpc) is 2.57. The summed E-state index contributed by atoms with van der Waals surface area (Å²) < 4.78 is 3.38. The van der Waals surface area contributed by atoms with Crippen molar-refractivity contribution in [2.45, 2.75) is 0 Å². The SMILES string of the molecule is Nc1nccc(-n2cc(Br)cn2)c1Br. The number of anilines is 1. The Hall–Kier alpha value is -0.880.